The van der Waals surface area contributed by atoms with Gasteiger partial charge in [-0.3, -0.25) is 9.59 Å². The van der Waals surface area contributed by atoms with E-state index in [1.54, 1.807) is 10.9 Å². The molecule has 0 fully saturated rings. The number of ether oxygens (including phenoxy) is 1. The van der Waals surface area contributed by atoms with Gasteiger partial charge in [0, 0.05) is 16.2 Å². The van der Waals surface area contributed by atoms with Crippen molar-refractivity contribution in [3.8, 4) is 16.9 Å². The Hall–Kier alpha value is -2.93. The minimum Gasteiger partial charge on any atom is -0.468 e. The van der Waals surface area contributed by atoms with E-state index < -0.39 is 11.9 Å². The van der Waals surface area contributed by atoms with Crippen LogP contribution in [0.25, 0.3) is 16.9 Å². The Kier molecular flexibility index (Phi) is 5.48. The van der Waals surface area contributed by atoms with Crippen LogP contribution < -0.4 is 5.32 Å². The number of carbonyl (C=O) groups is 2. The number of aromatic nitrogens is 2. The van der Waals surface area contributed by atoms with Gasteiger partial charge in [0.25, 0.3) is 5.91 Å². The lowest BCUT2D eigenvalue weighted by molar-refractivity contribution is -0.139. The van der Waals surface area contributed by atoms with Crippen LogP contribution in [0.2, 0.25) is 0 Å². The highest BCUT2D eigenvalue weighted by atomic mass is 79.9. The Balaban J connectivity index is 2.02. The highest BCUT2D eigenvalue weighted by Gasteiger charge is 2.19. The molecule has 0 saturated heterocycles. The smallest absolute Gasteiger partial charge is 0.325 e. The van der Waals surface area contributed by atoms with Crippen LogP contribution in [0.1, 0.15) is 10.4 Å². The first-order valence-corrected chi connectivity index (χ1v) is 8.64. The third-order valence-corrected chi connectivity index (χ3v) is 4.19. The molecule has 0 atom stereocenters. The molecular formula is C19H16BrN3O3. The number of para-hydroxylation sites is 1. The SMILES string of the molecule is COC(=O)CNC(=O)c1cn(-c2ccccc2)nc1-c1cccc(Br)c1. The van der Waals surface area contributed by atoms with Crippen molar-refractivity contribution in [1.82, 2.24) is 15.1 Å². The molecule has 0 aliphatic rings. The summed E-state index contributed by atoms with van der Waals surface area (Å²) in [6.07, 6.45) is 1.65. The van der Waals surface area contributed by atoms with Crippen LogP contribution in [-0.4, -0.2) is 35.3 Å². The lowest BCUT2D eigenvalue weighted by atomic mass is 10.1. The summed E-state index contributed by atoms with van der Waals surface area (Å²) < 4.78 is 7.08. The fraction of sp³-hybridized carbons (Fsp3) is 0.105. The first-order chi connectivity index (χ1) is 12.6. The topological polar surface area (TPSA) is 73.2 Å². The number of nitrogens with zero attached hydrogens (tertiary/aromatic N) is 2. The molecule has 1 heterocycles. The Morgan fingerprint density at radius 2 is 1.92 bits per heavy atom. The monoisotopic (exact) mass is 413 g/mol. The van der Waals surface area contributed by atoms with Gasteiger partial charge in [-0.15, -0.1) is 0 Å². The van der Waals surface area contributed by atoms with Crippen LogP contribution >= 0.6 is 15.9 Å². The van der Waals surface area contributed by atoms with Gasteiger partial charge in [0.15, 0.2) is 0 Å². The van der Waals surface area contributed by atoms with Crippen molar-refractivity contribution < 1.29 is 14.3 Å². The number of amides is 1. The highest BCUT2D eigenvalue weighted by Crippen LogP contribution is 2.26. The van der Waals surface area contributed by atoms with Crippen LogP contribution in [0.3, 0.4) is 0 Å². The number of carbonyl (C=O) groups excluding carboxylic acids is 2. The number of hydrogen-bond donors (Lipinski definition) is 1. The minimum absolute atomic E-state index is 0.205. The van der Waals surface area contributed by atoms with Gasteiger partial charge >= 0.3 is 5.97 Å². The van der Waals surface area contributed by atoms with E-state index in [9.17, 15) is 9.59 Å². The molecule has 1 aromatic heterocycles. The molecule has 0 aliphatic heterocycles. The molecule has 0 saturated carbocycles. The number of nitrogens with one attached hydrogen (secondary N) is 1. The van der Waals surface area contributed by atoms with Crippen LogP contribution in [0.5, 0.6) is 0 Å². The van der Waals surface area contributed by atoms with E-state index in [2.05, 4.69) is 31.1 Å². The van der Waals surface area contributed by atoms with Gasteiger partial charge in [0.05, 0.1) is 18.4 Å². The minimum atomic E-state index is -0.516. The Bertz CT molecular complexity index is 938. The predicted octanol–water partition coefficient (Wildman–Crippen LogP) is 3.20. The number of methoxy groups -OCH3 is 1. The van der Waals surface area contributed by atoms with E-state index in [1.807, 2.05) is 54.6 Å². The summed E-state index contributed by atoms with van der Waals surface area (Å²) in [7, 11) is 1.27. The highest BCUT2D eigenvalue weighted by molar-refractivity contribution is 9.10. The molecule has 132 valence electrons. The van der Waals surface area contributed by atoms with Crippen LogP contribution in [-0.2, 0) is 9.53 Å². The summed E-state index contributed by atoms with van der Waals surface area (Å²) in [5.41, 5.74) is 2.52. The van der Waals surface area contributed by atoms with E-state index in [4.69, 9.17) is 0 Å². The Morgan fingerprint density at radius 3 is 2.62 bits per heavy atom. The zero-order chi connectivity index (χ0) is 18.5. The quantitative estimate of drug-likeness (QED) is 0.651. The molecule has 2 aromatic carbocycles. The molecule has 0 unspecified atom stereocenters. The van der Waals surface area contributed by atoms with Crippen molar-refractivity contribution in [2.75, 3.05) is 13.7 Å². The van der Waals surface area contributed by atoms with Gasteiger partial charge in [-0.1, -0.05) is 46.3 Å². The van der Waals surface area contributed by atoms with Gasteiger partial charge in [-0.25, -0.2) is 4.68 Å². The molecule has 3 aromatic rings. The molecule has 1 N–H and O–H groups in total. The standard InChI is InChI=1S/C19H16BrN3O3/c1-26-17(24)11-21-19(25)16-12-23(15-8-3-2-4-9-15)22-18(16)13-6-5-7-14(20)10-13/h2-10,12H,11H2,1H3,(H,21,25). The molecule has 0 aliphatic carbocycles. The maximum absolute atomic E-state index is 12.6. The lowest BCUT2D eigenvalue weighted by Crippen LogP contribution is -2.30. The molecule has 0 spiro atoms. The van der Waals surface area contributed by atoms with Crippen molar-refractivity contribution in [3.05, 3.63) is 70.8 Å². The van der Waals surface area contributed by atoms with Crippen LogP contribution in [0.15, 0.2) is 65.3 Å². The zero-order valence-corrected chi connectivity index (χ0v) is 15.6. The fourth-order valence-corrected chi connectivity index (χ4v) is 2.82. The molecule has 7 heteroatoms. The number of esters is 1. The van der Waals surface area contributed by atoms with E-state index in [1.165, 1.54) is 7.11 Å². The molecule has 1 amide bonds. The van der Waals surface area contributed by atoms with E-state index in [0.29, 0.717) is 11.3 Å². The van der Waals surface area contributed by atoms with Gasteiger partial charge in [0.1, 0.15) is 12.2 Å². The Morgan fingerprint density at radius 1 is 1.15 bits per heavy atom. The average Bonchev–Trinajstić information content (AvgIpc) is 3.12. The van der Waals surface area contributed by atoms with Crippen molar-refractivity contribution in [2.24, 2.45) is 0 Å². The van der Waals surface area contributed by atoms with Gasteiger partial charge in [-0.2, -0.15) is 5.10 Å². The summed E-state index contributed by atoms with van der Waals surface area (Å²) in [5, 5.41) is 7.14. The second-order valence-corrected chi connectivity index (χ2v) is 6.36. The summed E-state index contributed by atoms with van der Waals surface area (Å²) in [5.74, 6) is -0.912. The number of hydrogen-bond acceptors (Lipinski definition) is 4. The van der Waals surface area contributed by atoms with E-state index in [-0.39, 0.29) is 6.54 Å². The number of benzene rings is 2. The third-order valence-electron chi connectivity index (χ3n) is 3.70. The molecule has 6 nitrogen and oxygen atoms in total. The normalized spacial score (nSPS) is 10.4. The first-order valence-electron chi connectivity index (χ1n) is 7.84. The van der Waals surface area contributed by atoms with Crippen molar-refractivity contribution in [2.45, 2.75) is 0 Å². The van der Waals surface area contributed by atoms with Crippen molar-refractivity contribution in [3.63, 3.8) is 0 Å². The molecule has 26 heavy (non-hydrogen) atoms. The molecular weight excluding hydrogens is 398 g/mol. The van der Waals surface area contributed by atoms with Gasteiger partial charge < -0.3 is 10.1 Å². The van der Waals surface area contributed by atoms with Gasteiger partial charge in [0.2, 0.25) is 0 Å². The van der Waals surface area contributed by atoms with Crippen LogP contribution in [0.4, 0.5) is 0 Å². The maximum atomic E-state index is 12.6. The zero-order valence-electron chi connectivity index (χ0n) is 14.0. The molecule has 3 rings (SSSR count). The van der Waals surface area contributed by atoms with Crippen LogP contribution in [0, 0.1) is 0 Å². The van der Waals surface area contributed by atoms with Gasteiger partial charge in [-0.05, 0) is 24.3 Å². The first kappa shape index (κ1) is 17.9. The summed E-state index contributed by atoms with van der Waals surface area (Å²) >= 11 is 3.44. The lowest BCUT2D eigenvalue weighted by Gasteiger charge is -2.04. The maximum Gasteiger partial charge on any atom is 0.325 e. The predicted molar refractivity (Wildman–Crippen MR) is 101 cm³/mol. The molecule has 0 bridgehead atoms. The Labute approximate surface area is 158 Å². The summed E-state index contributed by atoms with van der Waals surface area (Å²) in [4.78, 5) is 23.9. The van der Waals surface area contributed by atoms with Crippen molar-refractivity contribution >= 4 is 27.8 Å². The van der Waals surface area contributed by atoms with E-state index >= 15 is 0 Å². The summed E-state index contributed by atoms with van der Waals surface area (Å²) in [6.45, 7) is -0.205. The summed E-state index contributed by atoms with van der Waals surface area (Å²) in [6, 6.07) is 17.0. The third kappa shape index (κ3) is 4.00. The second-order valence-electron chi connectivity index (χ2n) is 5.44. The molecule has 0 radical (unpaired) electrons. The largest absolute Gasteiger partial charge is 0.468 e. The van der Waals surface area contributed by atoms with E-state index in [0.717, 1.165) is 15.7 Å². The fourth-order valence-electron chi connectivity index (χ4n) is 2.42. The van der Waals surface area contributed by atoms with Crippen molar-refractivity contribution in [1.29, 1.82) is 0 Å². The number of rotatable bonds is 5. The number of halogens is 1. The average molecular weight is 414 g/mol. The second kappa shape index (κ2) is 7.97.